The molecule has 0 aromatic carbocycles. The van der Waals surface area contributed by atoms with Gasteiger partial charge in [0, 0.05) is 12.3 Å². The van der Waals surface area contributed by atoms with Crippen molar-refractivity contribution >= 4 is 0 Å². The average molecular weight is 415 g/mol. The van der Waals surface area contributed by atoms with E-state index in [0.717, 1.165) is 28.9 Å². The van der Waals surface area contributed by atoms with Gasteiger partial charge in [-0.3, -0.25) is 0 Å². The van der Waals surface area contributed by atoms with E-state index in [-0.39, 0.29) is 5.92 Å². The predicted octanol–water partition coefficient (Wildman–Crippen LogP) is 7.19. The van der Waals surface area contributed by atoms with E-state index in [1.165, 1.54) is 51.4 Å². The van der Waals surface area contributed by atoms with Crippen LogP contribution in [0.1, 0.15) is 98.8 Å². The van der Waals surface area contributed by atoms with Crippen LogP contribution in [0.2, 0.25) is 0 Å². The molecule has 0 heterocycles. The molecule has 0 amide bonds. The SMILES string of the molecule is C=C1C[C@H](C)C(O)(O)CC1=CC=C1CCC[C@]2(C)[C@@H]([C@H](C)CCCC(C)C)CC[C@@H]12. The molecule has 0 radical (unpaired) electrons. The number of hydrogen-bond donors (Lipinski definition) is 2. The number of rotatable bonds is 6. The molecule has 2 heteroatoms. The Balaban J connectivity index is 1.72. The van der Waals surface area contributed by atoms with Crippen molar-refractivity contribution in [1.29, 1.82) is 0 Å². The Bertz CT molecular complexity index is 683. The van der Waals surface area contributed by atoms with Crippen LogP contribution < -0.4 is 0 Å². The van der Waals surface area contributed by atoms with Crippen LogP contribution in [0.3, 0.4) is 0 Å². The normalized spacial score (nSPS) is 37.7. The molecule has 3 aliphatic carbocycles. The molecule has 30 heavy (non-hydrogen) atoms. The predicted molar refractivity (Wildman–Crippen MR) is 127 cm³/mol. The third kappa shape index (κ3) is 4.96. The lowest BCUT2D eigenvalue weighted by Crippen LogP contribution is -2.40. The van der Waals surface area contributed by atoms with Crippen molar-refractivity contribution in [3.8, 4) is 0 Å². The van der Waals surface area contributed by atoms with Crippen LogP contribution >= 0.6 is 0 Å². The molecule has 2 N–H and O–H groups in total. The molecular formula is C28H46O2. The number of aliphatic hydroxyl groups is 2. The number of fused-ring (bicyclic) bond motifs is 1. The van der Waals surface area contributed by atoms with Gasteiger partial charge < -0.3 is 10.2 Å². The maximum absolute atomic E-state index is 10.3. The third-order valence-corrected chi connectivity index (χ3v) is 8.91. The van der Waals surface area contributed by atoms with Crippen molar-refractivity contribution in [3.63, 3.8) is 0 Å². The zero-order chi connectivity index (χ0) is 22.1. The van der Waals surface area contributed by atoms with E-state index in [0.29, 0.717) is 24.2 Å². The van der Waals surface area contributed by atoms with Crippen LogP contribution in [0.5, 0.6) is 0 Å². The molecule has 5 atom stereocenters. The molecule has 0 bridgehead atoms. The average Bonchev–Trinajstić information content (AvgIpc) is 3.01. The molecule has 0 saturated heterocycles. The molecule has 2 nitrogen and oxygen atoms in total. The Morgan fingerprint density at radius 3 is 2.57 bits per heavy atom. The lowest BCUT2D eigenvalue weighted by Gasteiger charge is -2.44. The second-order valence-corrected chi connectivity index (χ2v) is 11.6. The quantitative estimate of drug-likeness (QED) is 0.452. The maximum atomic E-state index is 10.3. The second-order valence-electron chi connectivity index (χ2n) is 11.6. The van der Waals surface area contributed by atoms with E-state index in [4.69, 9.17) is 0 Å². The highest BCUT2D eigenvalue weighted by atomic mass is 16.5. The molecule has 170 valence electrons. The summed E-state index contributed by atoms with van der Waals surface area (Å²) in [6.07, 6.45) is 16.1. The minimum Gasteiger partial charge on any atom is -0.365 e. The van der Waals surface area contributed by atoms with Crippen molar-refractivity contribution in [1.82, 2.24) is 0 Å². The number of hydrogen-bond acceptors (Lipinski definition) is 2. The zero-order valence-electron chi connectivity index (χ0n) is 20.2. The summed E-state index contributed by atoms with van der Waals surface area (Å²) in [7, 11) is 0. The van der Waals surface area contributed by atoms with Gasteiger partial charge in [-0.2, -0.15) is 0 Å². The fourth-order valence-electron chi connectivity index (χ4n) is 6.89. The van der Waals surface area contributed by atoms with Crippen LogP contribution in [-0.2, 0) is 0 Å². The largest absolute Gasteiger partial charge is 0.365 e. The van der Waals surface area contributed by atoms with Gasteiger partial charge in [0.05, 0.1) is 0 Å². The highest BCUT2D eigenvalue weighted by molar-refractivity contribution is 5.37. The van der Waals surface area contributed by atoms with E-state index >= 15 is 0 Å². The van der Waals surface area contributed by atoms with Crippen LogP contribution in [0, 0.1) is 35.0 Å². The molecule has 3 fully saturated rings. The smallest absolute Gasteiger partial charge is 0.169 e. The zero-order valence-corrected chi connectivity index (χ0v) is 20.2. The Labute approximate surface area is 185 Å². The van der Waals surface area contributed by atoms with E-state index in [2.05, 4.69) is 46.4 Å². The summed E-state index contributed by atoms with van der Waals surface area (Å²) < 4.78 is 0. The fourth-order valence-corrected chi connectivity index (χ4v) is 6.89. The third-order valence-electron chi connectivity index (χ3n) is 8.91. The molecular weight excluding hydrogens is 368 g/mol. The van der Waals surface area contributed by atoms with Gasteiger partial charge in [0.1, 0.15) is 0 Å². The van der Waals surface area contributed by atoms with Gasteiger partial charge in [-0.05, 0) is 73.2 Å². The maximum Gasteiger partial charge on any atom is 0.169 e. The Kier molecular flexibility index (Phi) is 7.40. The van der Waals surface area contributed by atoms with E-state index in [9.17, 15) is 10.2 Å². The first kappa shape index (κ1) is 23.8. The molecule has 3 rings (SSSR count). The Hall–Kier alpha value is -0.860. The summed E-state index contributed by atoms with van der Waals surface area (Å²) in [5, 5.41) is 20.6. The summed E-state index contributed by atoms with van der Waals surface area (Å²) in [6, 6.07) is 0. The fraction of sp³-hybridized carbons (Fsp3) is 0.786. The Morgan fingerprint density at radius 1 is 1.13 bits per heavy atom. The highest BCUT2D eigenvalue weighted by Crippen LogP contribution is 2.60. The first-order valence-electron chi connectivity index (χ1n) is 12.6. The van der Waals surface area contributed by atoms with E-state index in [1.54, 1.807) is 5.57 Å². The van der Waals surface area contributed by atoms with Gasteiger partial charge in [0.25, 0.3) is 0 Å². The van der Waals surface area contributed by atoms with Crippen LogP contribution in [0.15, 0.2) is 35.5 Å². The highest BCUT2D eigenvalue weighted by Gasteiger charge is 2.50. The van der Waals surface area contributed by atoms with Crippen molar-refractivity contribution in [3.05, 3.63) is 35.5 Å². The lowest BCUT2D eigenvalue weighted by molar-refractivity contribution is -0.198. The second kappa shape index (κ2) is 9.33. The summed E-state index contributed by atoms with van der Waals surface area (Å²) >= 11 is 0. The first-order chi connectivity index (χ1) is 14.0. The van der Waals surface area contributed by atoms with Gasteiger partial charge in [-0.1, -0.05) is 83.8 Å². The van der Waals surface area contributed by atoms with Crippen LogP contribution in [0.4, 0.5) is 0 Å². The minimum atomic E-state index is -1.60. The standard InChI is InChI=1S/C28H46O2/c1-19(2)9-7-10-20(3)25-14-15-26-23(11-8-16-27(25,26)6)12-13-24-18-28(29,30)22(5)17-21(24)4/h12-13,19-20,22,25-26,29-30H,4,7-11,14-18H2,1-3,5-6H3/t20-,22+,25-,26+,27-/m1/s1. The molecule has 0 aromatic heterocycles. The molecule has 0 spiro atoms. The topological polar surface area (TPSA) is 40.5 Å². The van der Waals surface area contributed by atoms with Crippen LogP contribution in [-0.4, -0.2) is 16.0 Å². The van der Waals surface area contributed by atoms with Gasteiger partial charge >= 0.3 is 0 Å². The summed E-state index contributed by atoms with van der Waals surface area (Å²) in [6.45, 7) is 15.9. The van der Waals surface area contributed by atoms with Crippen molar-refractivity contribution in [2.75, 3.05) is 0 Å². The molecule has 0 aromatic rings. The van der Waals surface area contributed by atoms with Gasteiger partial charge in [-0.25, -0.2) is 0 Å². The van der Waals surface area contributed by atoms with Crippen molar-refractivity contribution in [2.24, 2.45) is 35.0 Å². The lowest BCUT2D eigenvalue weighted by atomic mass is 9.60. The van der Waals surface area contributed by atoms with E-state index in [1.807, 2.05) is 6.92 Å². The summed E-state index contributed by atoms with van der Waals surface area (Å²) in [4.78, 5) is 0. The number of allylic oxidation sites excluding steroid dienone is 4. The van der Waals surface area contributed by atoms with Crippen LogP contribution in [0.25, 0.3) is 0 Å². The molecule has 3 aliphatic rings. The molecule has 3 saturated carbocycles. The Morgan fingerprint density at radius 2 is 1.87 bits per heavy atom. The molecule has 0 unspecified atom stereocenters. The van der Waals surface area contributed by atoms with Crippen molar-refractivity contribution < 1.29 is 10.2 Å². The molecule has 0 aliphatic heterocycles. The van der Waals surface area contributed by atoms with Gasteiger partial charge in [0.2, 0.25) is 0 Å². The summed E-state index contributed by atoms with van der Waals surface area (Å²) in [5.74, 6) is 1.43. The summed E-state index contributed by atoms with van der Waals surface area (Å²) in [5.41, 5.74) is 4.13. The first-order valence-corrected chi connectivity index (χ1v) is 12.6. The minimum absolute atomic E-state index is 0.152. The van der Waals surface area contributed by atoms with Gasteiger partial charge in [-0.15, -0.1) is 0 Å². The van der Waals surface area contributed by atoms with E-state index < -0.39 is 5.79 Å². The van der Waals surface area contributed by atoms with Crippen molar-refractivity contribution in [2.45, 2.75) is 105 Å². The van der Waals surface area contributed by atoms with Gasteiger partial charge in [0.15, 0.2) is 5.79 Å². The monoisotopic (exact) mass is 414 g/mol.